The molecule has 3 N–H and O–H groups in total. The van der Waals surface area contributed by atoms with Crippen LogP contribution < -0.4 is 25.8 Å². The molecule has 1 unspecified atom stereocenters. The number of rotatable bonds is 10. The molecule has 0 radical (unpaired) electrons. The van der Waals surface area contributed by atoms with Crippen molar-refractivity contribution in [3.63, 3.8) is 0 Å². The van der Waals surface area contributed by atoms with Gasteiger partial charge >= 0.3 is 0 Å². The van der Waals surface area contributed by atoms with Gasteiger partial charge in [0.15, 0.2) is 0 Å². The van der Waals surface area contributed by atoms with E-state index in [1.165, 1.54) is 25.0 Å². The predicted octanol–water partition coefficient (Wildman–Crippen LogP) is 5.37. The van der Waals surface area contributed by atoms with Crippen molar-refractivity contribution in [1.82, 2.24) is 20.2 Å². The van der Waals surface area contributed by atoms with Crippen molar-refractivity contribution in [3.8, 4) is 5.75 Å². The van der Waals surface area contributed by atoms with E-state index in [1.807, 2.05) is 6.07 Å². The van der Waals surface area contributed by atoms with Gasteiger partial charge in [-0.25, -0.2) is 13.8 Å². The van der Waals surface area contributed by atoms with Gasteiger partial charge in [0.05, 0.1) is 23.6 Å². The number of halogens is 2. The van der Waals surface area contributed by atoms with Crippen molar-refractivity contribution < 1.29 is 27.8 Å². The number of imide groups is 1. The lowest BCUT2D eigenvalue weighted by molar-refractivity contribution is -0.133. The zero-order chi connectivity index (χ0) is 36.5. The van der Waals surface area contributed by atoms with Crippen molar-refractivity contribution in [3.05, 3.63) is 58.1 Å². The number of benzene rings is 2. The maximum atomic E-state index is 15.2. The molecule has 4 saturated heterocycles. The standard InChI is InChI=1S/C39H48F2N6O5S/c40-29-17-25(42-31-2-4-35(48)45-37(31)49)1-3-33(29)47-13-9-39(10-14-47)20-26(21-39)46-11-5-24(6-12-46)22-52-27-18-30(41)36-32(19-27)43-34(44-38(36)50)23-53-28-7-15-51-16-8-28/h1,3,17-19,24,26,28,31,42H,2,4-16,20-23H2,(H,43,44,50)(H,45,48,49). The van der Waals surface area contributed by atoms with Crippen LogP contribution in [0.3, 0.4) is 0 Å². The van der Waals surface area contributed by atoms with Gasteiger partial charge in [0.2, 0.25) is 11.8 Å². The number of carbonyl (C=O) groups excluding carboxylic acids is 2. The summed E-state index contributed by atoms with van der Waals surface area (Å²) in [6.07, 6.45) is 9.11. The molecule has 8 rings (SSSR count). The van der Waals surface area contributed by atoms with Crippen molar-refractivity contribution >= 4 is 45.9 Å². The molecule has 11 nitrogen and oxygen atoms in total. The molecule has 1 atom stereocenters. The highest BCUT2D eigenvalue weighted by atomic mass is 32.2. The number of aromatic nitrogens is 2. The van der Waals surface area contributed by atoms with Gasteiger partial charge in [0, 0.05) is 61.8 Å². The molecule has 1 aromatic heterocycles. The summed E-state index contributed by atoms with van der Waals surface area (Å²) in [5.41, 5.74) is 1.32. The minimum absolute atomic E-state index is 0.0307. The summed E-state index contributed by atoms with van der Waals surface area (Å²) < 4.78 is 41.8. The molecule has 2 amide bonds. The number of likely N-dealkylation sites (tertiary alicyclic amines) is 1. The lowest BCUT2D eigenvalue weighted by atomic mass is 9.59. The van der Waals surface area contributed by atoms with E-state index in [1.54, 1.807) is 23.9 Å². The number of anilines is 2. The van der Waals surface area contributed by atoms with Gasteiger partial charge in [-0.15, -0.1) is 0 Å². The normalized spacial score (nSPS) is 23.3. The lowest BCUT2D eigenvalue weighted by Gasteiger charge is -2.56. The van der Waals surface area contributed by atoms with Crippen molar-refractivity contribution in [2.24, 2.45) is 11.3 Å². The zero-order valence-electron chi connectivity index (χ0n) is 30.0. The van der Waals surface area contributed by atoms with E-state index < -0.39 is 17.4 Å². The quantitative estimate of drug-likeness (QED) is 0.233. The first-order valence-electron chi connectivity index (χ1n) is 19.1. The molecule has 284 valence electrons. The van der Waals surface area contributed by atoms with Gasteiger partial charge < -0.3 is 29.6 Å². The highest BCUT2D eigenvalue weighted by molar-refractivity contribution is 7.99. The fourth-order valence-corrected chi connectivity index (χ4v) is 9.91. The van der Waals surface area contributed by atoms with Gasteiger partial charge in [0.1, 0.15) is 34.6 Å². The Hall–Kier alpha value is -3.75. The Morgan fingerprint density at radius 1 is 0.962 bits per heavy atom. The average molecular weight is 751 g/mol. The first kappa shape index (κ1) is 36.2. The van der Waals surface area contributed by atoms with E-state index in [9.17, 15) is 14.4 Å². The zero-order valence-corrected chi connectivity index (χ0v) is 30.8. The smallest absolute Gasteiger partial charge is 0.261 e. The number of fused-ring (bicyclic) bond motifs is 1. The number of hydrogen-bond donors (Lipinski definition) is 3. The number of piperidine rings is 3. The van der Waals surface area contributed by atoms with Gasteiger partial charge in [0.25, 0.3) is 5.56 Å². The molecule has 1 aliphatic carbocycles. The molecule has 0 bridgehead atoms. The third-order valence-electron chi connectivity index (χ3n) is 12.1. The first-order chi connectivity index (χ1) is 25.7. The Kier molecular flexibility index (Phi) is 10.6. The number of aromatic amines is 1. The van der Waals surface area contributed by atoms with Crippen molar-refractivity contribution in [2.75, 3.05) is 56.2 Å². The van der Waals surface area contributed by atoms with Gasteiger partial charge in [-0.2, -0.15) is 11.8 Å². The number of nitrogens with zero attached hydrogens (tertiary/aromatic N) is 3. The highest BCUT2D eigenvalue weighted by Crippen LogP contribution is 2.52. The topological polar surface area (TPSA) is 129 Å². The Labute approximate surface area is 311 Å². The summed E-state index contributed by atoms with van der Waals surface area (Å²) in [5, 5.41) is 5.83. The molecule has 1 saturated carbocycles. The van der Waals surface area contributed by atoms with Crippen LogP contribution in [0.5, 0.6) is 5.75 Å². The number of thioether (sulfide) groups is 1. The lowest BCUT2D eigenvalue weighted by Crippen LogP contribution is -2.56. The molecule has 14 heteroatoms. The number of carbonyl (C=O) groups is 2. The summed E-state index contributed by atoms with van der Waals surface area (Å²) >= 11 is 1.75. The molecular formula is C39H48F2N6O5S. The highest BCUT2D eigenvalue weighted by Gasteiger charge is 2.48. The van der Waals surface area contributed by atoms with Crippen LogP contribution in [0.25, 0.3) is 10.9 Å². The maximum absolute atomic E-state index is 15.2. The van der Waals surface area contributed by atoms with Crippen molar-refractivity contribution in [2.45, 2.75) is 87.3 Å². The van der Waals surface area contributed by atoms with E-state index in [2.05, 4.69) is 30.4 Å². The maximum Gasteiger partial charge on any atom is 0.261 e. The van der Waals surface area contributed by atoms with Gasteiger partial charge in [-0.3, -0.25) is 19.7 Å². The van der Waals surface area contributed by atoms with Crippen LogP contribution >= 0.6 is 11.8 Å². The monoisotopic (exact) mass is 750 g/mol. The molecule has 1 spiro atoms. The van der Waals surface area contributed by atoms with E-state index >= 15 is 8.78 Å². The third-order valence-corrected chi connectivity index (χ3v) is 13.5. The molecule has 5 heterocycles. The second-order valence-electron chi connectivity index (χ2n) is 15.6. The minimum Gasteiger partial charge on any atom is -0.493 e. The van der Waals surface area contributed by atoms with Crippen LogP contribution in [0.1, 0.15) is 70.0 Å². The van der Waals surface area contributed by atoms with E-state index in [4.69, 9.17) is 9.47 Å². The van der Waals surface area contributed by atoms with E-state index in [0.29, 0.717) is 69.9 Å². The summed E-state index contributed by atoms with van der Waals surface area (Å²) in [5.74, 6) is 0.326. The largest absolute Gasteiger partial charge is 0.493 e. The van der Waals surface area contributed by atoms with Crippen LogP contribution in [0.15, 0.2) is 35.1 Å². The molecule has 5 aliphatic rings. The predicted molar refractivity (Wildman–Crippen MR) is 200 cm³/mol. The summed E-state index contributed by atoms with van der Waals surface area (Å²) in [6.45, 7) is 5.68. The Morgan fingerprint density at radius 2 is 1.74 bits per heavy atom. The SMILES string of the molecule is O=C1CCC(Nc2ccc(N3CCC4(CC3)CC(N3CCC(COc5cc(F)c6c(=O)[nH]c(CSC7CCOCC7)nc6c5)CC3)C4)c(F)c2)C(=O)N1. The number of H-pyrrole nitrogens is 1. The summed E-state index contributed by atoms with van der Waals surface area (Å²) in [4.78, 5) is 48.4. The van der Waals surface area contributed by atoms with Gasteiger partial charge in [-0.05, 0) is 100 Å². The summed E-state index contributed by atoms with van der Waals surface area (Å²) in [6, 6.07) is 8.07. The van der Waals surface area contributed by atoms with Crippen LogP contribution in [0, 0.1) is 23.0 Å². The Morgan fingerprint density at radius 3 is 2.47 bits per heavy atom. The second-order valence-corrected chi connectivity index (χ2v) is 16.9. The fraction of sp³-hybridized carbons (Fsp3) is 0.590. The average Bonchev–Trinajstić information content (AvgIpc) is 3.14. The molecule has 53 heavy (non-hydrogen) atoms. The minimum atomic E-state index is -0.614. The Bertz CT molecular complexity index is 1880. The van der Waals surface area contributed by atoms with Crippen LogP contribution in [-0.2, 0) is 20.1 Å². The molecule has 2 aromatic carbocycles. The number of amides is 2. The Balaban J connectivity index is 0.776. The van der Waals surface area contributed by atoms with Crippen LogP contribution in [0.2, 0.25) is 0 Å². The molecule has 4 aliphatic heterocycles. The van der Waals surface area contributed by atoms with E-state index in [0.717, 1.165) is 77.9 Å². The van der Waals surface area contributed by atoms with Gasteiger partial charge in [-0.1, -0.05) is 0 Å². The van der Waals surface area contributed by atoms with Crippen LogP contribution in [0.4, 0.5) is 20.2 Å². The third kappa shape index (κ3) is 8.19. The molecule has 5 fully saturated rings. The van der Waals surface area contributed by atoms with E-state index in [-0.39, 0.29) is 29.4 Å². The number of nitrogens with one attached hydrogen (secondary N) is 3. The van der Waals surface area contributed by atoms with Crippen molar-refractivity contribution in [1.29, 1.82) is 0 Å². The first-order valence-corrected chi connectivity index (χ1v) is 20.2. The van der Waals surface area contributed by atoms with Crippen LogP contribution in [-0.4, -0.2) is 90.0 Å². The summed E-state index contributed by atoms with van der Waals surface area (Å²) in [7, 11) is 0. The number of hydrogen-bond acceptors (Lipinski definition) is 10. The molecule has 3 aromatic rings. The number of ether oxygens (including phenoxy) is 2. The molecular weight excluding hydrogens is 703 g/mol. The second kappa shape index (κ2) is 15.5. The fourth-order valence-electron chi connectivity index (χ4n) is 8.85.